The first kappa shape index (κ1) is 78.2. The van der Waals surface area contributed by atoms with Gasteiger partial charge in [-0.25, -0.2) is 4.39 Å². The lowest BCUT2D eigenvalue weighted by atomic mass is 10.0. The van der Waals surface area contributed by atoms with Gasteiger partial charge in [-0.3, -0.25) is 24.4 Å². The lowest BCUT2D eigenvalue weighted by Crippen LogP contribution is -2.29. The van der Waals surface area contributed by atoms with Gasteiger partial charge in [-0.15, -0.1) is 0 Å². The number of ether oxygens (including phenoxy) is 2. The maximum absolute atomic E-state index is 12.8. The van der Waals surface area contributed by atoms with Crippen LogP contribution in [0, 0.1) is 0 Å². The number of pyridine rings is 3. The Hall–Kier alpha value is -7.02. The van der Waals surface area contributed by atoms with Crippen molar-refractivity contribution in [2.45, 2.75) is 218 Å². The summed E-state index contributed by atoms with van der Waals surface area (Å²) in [6.07, 6.45) is 11.5. The summed E-state index contributed by atoms with van der Waals surface area (Å²) in [5.41, 5.74) is 13.8. The van der Waals surface area contributed by atoms with Crippen LogP contribution in [0.3, 0.4) is 0 Å². The topological polar surface area (TPSA) is 98.5 Å². The molecule has 12 heteroatoms. The van der Waals surface area contributed by atoms with Gasteiger partial charge in [-0.1, -0.05) is 148 Å². The molecule has 1 saturated heterocycles. The fourth-order valence-electron chi connectivity index (χ4n) is 9.29. The van der Waals surface area contributed by atoms with Crippen LogP contribution in [0.25, 0.3) is 11.4 Å². The fraction of sp³-hybridized carbons (Fsp3) is 0.481. The lowest BCUT2D eigenvalue weighted by Gasteiger charge is -2.28. The van der Waals surface area contributed by atoms with Crippen molar-refractivity contribution >= 4 is 28.7 Å². The number of hydrogen-bond acceptors (Lipinski definition) is 10. The van der Waals surface area contributed by atoms with Crippen molar-refractivity contribution in [1.82, 2.24) is 24.7 Å². The summed E-state index contributed by atoms with van der Waals surface area (Å²) in [5.74, 6) is 2.62. The van der Waals surface area contributed by atoms with Crippen molar-refractivity contribution in [1.29, 1.82) is 0 Å². The second-order valence-corrected chi connectivity index (χ2v) is 26.5. The van der Waals surface area contributed by atoms with Crippen molar-refractivity contribution in [3.8, 4) is 11.4 Å². The molecular formula is C79H114FN7O3S. The van der Waals surface area contributed by atoms with Gasteiger partial charge >= 0.3 is 5.97 Å². The number of aromatic nitrogens is 5. The predicted octanol–water partition coefficient (Wildman–Crippen LogP) is 21.7. The molecule has 6 heterocycles. The molecule has 5 aromatic heterocycles. The second-order valence-electron chi connectivity index (χ2n) is 25.7. The third kappa shape index (κ3) is 30.3. The zero-order valence-corrected chi connectivity index (χ0v) is 60.1. The van der Waals surface area contributed by atoms with E-state index in [9.17, 15) is 9.18 Å². The number of thiophene rings is 1. The smallest absolute Gasteiger partial charge is 0.311 e. The molecule has 0 aliphatic carbocycles. The number of piperidine rings is 1. The molecular weight excluding hydrogens is 1150 g/mol. The molecule has 2 unspecified atom stereocenters. The molecule has 9 rings (SSSR count). The number of alkyl halides is 1. The summed E-state index contributed by atoms with van der Waals surface area (Å²) in [4.78, 5) is 29.0. The fourth-order valence-corrected chi connectivity index (χ4v) is 10.1. The van der Waals surface area contributed by atoms with Crippen LogP contribution in [0.1, 0.15) is 244 Å². The molecule has 10 nitrogen and oxygen atoms in total. The number of hydrogen-bond donors (Lipinski definition) is 0. The Bertz CT molecular complexity index is 3070. The van der Waals surface area contributed by atoms with Gasteiger partial charge in [-0.2, -0.15) is 16.4 Å². The van der Waals surface area contributed by atoms with E-state index in [-0.39, 0.29) is 24.0 Å². The molecule has 496 valence electrons. The first-order chi connectivity index (χ1) is 43.3. The highest BCUT2D eigenvalue weighted by Crippen LogP contribution is 2.25. The minimum atomic E-state index is -0.855. The Balaban J connectivity index is 0.000000279. The van der Waals surface area contributed by atoms with E-state index in [4.69, 9.17) is 9.47 Å². The van der Waals surface area contributed by atoms with Gasteiger partial charge in [0.15, 0.2) is 0 Å². The Morgan fingerprint density at radius 2 is 1.14 bits per heavy atom. The Labute approximate surface area is 554 Å². The van der Waals surface area contributed by atoms with Crippen molar-refractivity contribution in [3.05, 3.63) is 214 Å². The Morgan fingerprint density at radius 3 is 1.57 bits per heavy atom. The summed E-state index contributed by atoms with van der Waals surface area (Å²) < 4.78 is 25.2. The van der Waals surface area contributed by atoms with Crippen LogP contribution in [0.15, 0.2) is 169 Å². The van der Waals surface area contributed by atoms with Crippen LogP contribution >= 0.6 is 11.3 Å². The monoisotopic (exact) mass is 1260 g/mol. The van der Waals surface area contributed by atoms with E-state index in [1.807, 2.05) is 102 Å². The summed E-state index contributed by atoms with van der Waals surface area (Å²) >= 11 is 1.77. The number of anilines is 2. The highest BCUT2D eigenvalue weighted by molar-refractivity contribution is 7.08. The number of halogens is 1. The average molecular weight is 1260 g/mol. The van der Waals surface area contributed by atoms with Crippen LogP contribution < -0.4 is 9.80 Å². The minimum absolute atomic E-state index is 0.0209. The second kappa shape index (κ2) is 42.2. The molecule has 91 heavy (non-hydrogen) atoms. The van der Waals surface area contributed by atoms with E-state index in [1.165, 1.54) is 77.2 Å². The molecule has 0 bridgehead atoms. The van der Waals surface area contributed by atoms with Crippen molar-refractivity contribution in [2.75, 3.05) is 42.6 Å². The molecule has 1 aliphatic heterocycles. The molecule has 2 atom stereocenters. The molecule has 0 saturated carbocycles. The van der Waals surface area contributed by atoms with Crippen molar-refractivity contribution in [3.63, 3.8) is 0 Å². The van der Waals surface area contributed by atoms with Crippen LogP contribution in [-0.2, 0) is 26.2 Å². The lowest BCUT2D eigenvalue weighted by molar-refractivity contribution is -0.142. The molecule has 8 aromatic rings. The van der Waals surface area contributed by atoms with Crippen LogP contribution in [0.5, 0.6) is 0 Å². The molecule has 1 fully saturated rings. The van der Waals surface area contributed by atoms with Crippen LogP contribution in [0.2, 0.25) is 0 Å². The highest BCUT2D eigenvalue weighted by Gasteiger charge is 2.16. The zero-order chi connectivity index (χ0) is 67.5. The normalized spacial score (nSPS) is 12.5. The summed E-state index contributed by atoms with van der Waals surface area (Å²) in [5, 5.41) is 8.83. The van der Waals surface area contributed by atoms with E-state index in [0.717, 1.165) is 35.7 Å². The Morgan fingerprint density at radius 1 is 0.571 bits per heavy atom. The molecule has 0 N–H and O–H groups in total. The summed E-state index contributed by atoms with van der Waals surface area (Å²) in [6.45, 7) is 47.0. The van der Waals surface area contributed by atoms with Crippen molar-refractivity contribution in [2.24, 2.45) is 0 Å². The van der Waals surface area contributed by atoms with Gasteiger partial charge in [-0.05, 0) is 217 Å². The standard InChI is InChI=1S/C13H20N2.C13H21N.C12H15N3.C12H17NO2.C11H15F.C11H16O.C7H10S/c1-11(2)13-7-6-12(10-14-13)15-8-4-3-5-9-15;1-5-14(6-2)13-9-7-12(8-10-13)11(3)4;1-12(2,3)15-9-7-11(14-15)10-6-4-5-8-13-10;1-4-15-12(14)7-11-6-5-10(8-13-11)9(2)3;1-8(2)10-4-6-11(7-5-10)9(3)12;1-9(2)12-10(3)11-7-5-4-6-8-11;1-6(2)7-3-4-8-5-7/h6-7,10-11H,3-5,8-9H2,1-2H3;7-11H,5-6H2,1-4H3;4-9H,1-3H3;5-6,8-9H,4,7H2,1-3H3;4-9H,1-3H3;4-10H,1-3H3;3-6H,1-2H3. The van der Waals surface area contributed by atoms with E-state index >= 15 is 0 Å². The molecule has 0 radical (unpaired) electrons. The van der Waals surface area contributed by atoms with E-state index in [2.05, 4.69) is 220 Å². The molecule has 1 aliphatic rings. The Kier molecular flexibility index (Phi) is 36.3. The van der Waals surface area contributed by atoms with Gasteiger partial charge in [0.1, 0.15) is 11.9 Å². The summed E-state index contributed by atoms with van der Waals surface area (Å²) in [7, 11) is 0. The third-order valence-corrected chi connectivity index (χ3v) is 15.8. The van der Waals surface area contributed by atoms with E-state index in [0.29, 0.717) is 42.3 Å². The minimum Gasteiger partial charge on any atom is -0.466 e. The van der Waals surface area contributed by atoms with Crippen molar-refractivity contribution < 1.29 is 18.7 Å². The van der Waals surface area contributed by atoms with E-state index in [1.54, 1.807) is 31.4 Å². The average Bonchev–Trinajstić information content (AvgIpc) is 2.66. The predicted molar refractivity (Wildman–Crippen MR) is 387 cm³/mol. The first-order valence-corrected chi connectivity index (χ1v) is 34.3. The number of esters is 1. The first-order valence-electron chi connectivity index (χ1n) is 33.4. The van der Waals surface area contributed by atoms with Gasteiger partial charge in [0, 0.05) is 56.2 Å². The SMILES string of the molecule is CC(C)(C)n1ccc(-c2ccccn2)n1.CC(C)OC(C)c1ccccc1.CC(C)c1ccc(C(C)F)cc1.CC(C)c1ccc(N2CCCCC2)cn1.CC(C)c1ccsc1.CCN(CC)c1ccc(C(C)C)cc1.CCOC(=O)Cc1ccc(C(C)C)cn1. The van der Waals surface area contributed by atoms with Crippen LogP contribution in [0.4, 0.5) is 15.8 Å². The summed E-state index contributed by atoms with van der Waals surface area (Å²) in [6, 6.07) is 45.2. The zero-order valence-electron chi connectivity index (χ0n) is 59.3. The van der Waals surface area contributed by atoms with Gasteiger partial charge in [0.25, 0.3) is 0 Å². The third-order valence-electron chi connectivity index (χ3n) is 15.1. The number of rotatable bonds is 17. The molecule has 0 spiro atoms. The number of carbonyl (C=O) groups is 1. The van der Waals surface area contributed by atoms with Crippen LogP contribution in [-0.4, -0.2) is 69.6 Å². The number of carbonyl (C=O) groups excluding carboxylic acids is 1. The number of nitrogens with zero attached hydrogens (tertiary/aromatic N) is 7. The maximum atomic E-state index is 12.8. The molecule has 0 amide bonds. The maximum Gasteiger partial charge on any atom is 0.311 e. The van der Waals surface area contributed by atoms with Gasteiger partial charge in [0.05, 0.1) is 54.0 Å². The molecule has 3 aromatic carbocycles. The van der Waals surface area contributed by atoms with Gasteiger partial charge in [0.2, 0.25) is 0 Å². The largest absolute Gasteiger partial charge is 0.466 e. The highest BCUT2D eigenvalue weighted by atomic mass is 32.1. The quantitative estimate of drug-likeness (QED) is 0.0826. The number of benzene rings is 3. The van der Waals surface area contributed by atoms with Gasteiger partial charge < -0.3 is 19.3 Å². The van der Waals surface area contributed by atoms with E-state index < -0.39 is 6.17 Å².